The molecule has 0 amide bonds. The van der Waals surface area contributed by atoms with E-state index in [2.05, 4.69) is 4.98 Å². The molecule has 1 heterocycles. The molecular formula is C13H12FN3O. The summed E-state index contributed by atoms with van der Waals surface area (Å²) in [7, 11) is 0. The fourth-order valence-corrected chi connectivity index (χ4v) is 1.42. The first kappa shape index (κ1) is 12.0. The SMILES string of the molecule is Cc1ccc(F)cc1Oc1cccc(C(=N)N)n1. The topological polar surface area (TPSA) is 72.0 Å². The summed E-state index contributed by atoms with van der Waals surface area (Å²) in [6, 6.07) is 9.18. The molecule has 2 rings (SSSR count). The lowest BCUT2D eigenvalue weighted by molar-refractivity contribution is 0.454. The average Bonchev–Trinajstić information content (AvgIpc) is 2.34. The molecular weight excluding hydrogens is 233 g/mol. The largest absolute Gasteiger partial charge is 0.439 e. The number of amidine groups is 1. The number of hydrogen-bond acceptors (Lipinski definition) is 3. The van der Waals surface area contributed by atoms with Crippen LogP contribution in [0.25, 0.3) is 0 Å². The molecule has 4 nitrogen and oxygen atoms in total. The van der Waals surface area contributed by atoms with Crippen molar-refractivity contribution in [1.82, 2.24) is 4.98 Å². The van der Waals surface area contributed by atoms with Crippen molar-refractivity contribution < 1.29 is 9.13 Å². The number of rotatable bonds is 3. The van der Waals surface area contributed by atoms with Gasteiger partial charge < -0.3 is 10.5 Å². The lowest BCUT2D eigenvalue weighted by atomic mass is 10.2. The number of nitrogens with one attached hydrogen (secondary N) is 1. The van der Waals surface area contributed by atoms with Crippen molar-refractivity contribution in [3.8, 4) is 11.6 Å². The molecule has 2 aromatic rings. The molecule has 0 atom stereocenters. The van der Waals surface area contributed by atoms with Gasteiger partial charge in [0.25, 0.3) is 0 Å². The third kappa shape index (κ3) is 2.63. The predicted octanol–water partition coefficient (Wildman–Crippen LogP) is 2.61. The normalized spacial score (nSPS) is 10.1. The molecule has 0 saturated carbocycles. The monoisotopic (exact) mass is 245 g/mol. The van der Waals surface area contributed by atoms with Gasteiger partial charge in [0.1, 0.15) is 23.1 Å². The van der Waals surface area contributed by atoms with Crippen LogP contribution in [0.1, 0.15) is 11.3 Å². The molecule has 3 N–H and O–H groups in total. The van der Waals surface area contributed by atoms with E-state index in [4.69, 9.17) is 15.9 Å². The van der Waals surface area contributed by atoms with E-state index in [9.17, 15) is 4.39 Å². The first-order chi connectivity index (χ1) is 8.56. The quantitative estimate of drug-likeness (QED) is 0.645. The van der Waals surface area contributed by atoms with Crippen molar-refractivity contribution >= 4 is 5.84 Å². The smallest absolute Gasteiger partial charge is 0.219 e. The standard InChI is InChI=1S/C13H12FN3O/c1-8-5-6-9(14)7-11(8)18-12-4-2-3-10(17-12)13(15)16/h2-7H,1H3,(H3,15,16). The fourth-order valence-electron chi connectivity index (χ4n) is 1.42. The number of aromatic nitrogens is 1. The highest BCUT2D eigenvalue weighted by molar-refractivity contribution is 5.93. The van der Waals surface area contributed by atoms with Gasteiger partial charge in [-0.3, -0.25) is 5.41 Å². The number of aryl methyl sites for hydroxylation is 1. The van der Waals surface area contributed by atoms with Crippen LogP contribution in [0.15, 0.2) is 36.4 Å². The van der Waals surface area contributed by atoms with E-state index in [1.54, 1.807) is 24.3 Å². The third-order valence-corrected chi connectivity index (χ3v) is 2.36. The number of hydrogen-bond donors (Lipinski definition) is 2. The molecule has 0 fully saturated rings. The number of benzene rings is 1. The minimum Gasteiger partial charge on any atom is -0.439 e. The second kappa shape index (κ2) is 4.83. The van der Waals surface area contributed by atoms with E-state index >= 15 is 0 Å². The summed E-state index contributed by atoms with van der Waals surface area (Å²) in [5, 5.41) is 7.29. The molecule has 0 aliphatic rings. The molecule has 92 valence electrons. The number of ether oxygens (including phenoxy) is 1. The molecule has 0 radical (unpaired) electrons. The van der Waals surface area contributed by atoms with E-state index in [1.165, 1.54) is 12.1 Å². The number of nitrogens with two attached hydrogens (primary N) is 1. The van der Waals surface area contributed by atoms with Crippen molar-refractivity contribution in [3.05, 3.63) is 53.5 Å². The minimum atomic E-state index is -0.377. The van der Waals surface area contributed by atoms with Gasteiger partial charge in [0.05, 0.1) is 0 Å². The Bertz CT molecular complexity index is 599. The van der Waals surface area contributed by atoms with E-state index in [0.29, 0.717) is 11.4 Å². The molecule has 0 aliphatic heterocycles. The summed E-state index contributed by atoms with van der Waals surface area (Å²) in [5.74, 6) is 0.148. The van der Waals surface area contributed by atoms with Gasteiger partial charge in [-0.05, 0) is 24.6 Å². The summed E-state index contributed by atoms with van der Waals surface area (Å²) < 4.78 is 18.6. The summed E-state index contributed by atoms with van der Waals surface area (Å²) in [6.07, 6.45) is 0. The minimum absolute atomic E-state index is 0.142. The molecule has 0 spiro atoms. The fraction of sp³-hybridized carbons (Fsp3) is 0.0769. The van der Waals surface area contributed by atoms with Crippen molar-refractivity contribution in [2.75, 3.05) is 0 Å². The van der Waals surface area contributed by atoms with E-state index in [1.807, 2.05) is 6.92 Å². The highest BCUT2D eigenvalue weighted by atomic mass is 19.1. The van der Waals surface area contributed by atoms with E-state index < -0.39 is 0 Å². The van der Waals surface area contributed by atoms with Crippen molar-refractivity contribution in [2.45, 2.75) is 6.92 Å². The zero-order valence-corrected chi connectivity index (χ0v) is 9.77. The van der Waals surface area contributed by atoms with Gasteiger partial charge in [-0.2, -0.15) is 0 Å². The lowest BCUT2D eigenvalue weighted by Gasteiger charge is -2.08. The molecule has 1 aromatic heterocycles. The maximum atomic E-state index is 13.1. The number of halogens is 1. The van der Waals surface area contributed by atoms with Crippen molar-refractivity contribution in [2.24, 2.45) is 5.73 Å². The molecule has 0 saturated heterocycles. The van der Waals surface area contributed by atoms with Crippen LogP contribution < -0.4 is 10.5 Å². The van der Waals surface area contributed by atoms with Gasteiger partial charge in [-0.1, -0.05) is 12.1 Å². The molecule has 0 unspecified atom stereocenters. The first-order valence-electron chi connectivity index (χ1n) is 5.32. The second-order valence-corrected chi connectivity index (χ2v) is 3.79. The van der Waals surface area contributed by atoms with Crippen LogP contribution in [0.5, 0.6) is 11.6 Å². The van der Waals surface area contributed by atoms with E-state index in [-0.39, 0.29) is 17.5 Å². The average molecular weight is 245 g/mol. The summed E-state index contributed by atoms with van der Waals surface area (Å²) in [6.45, 7) is 1.81. The maximum Gasteiger partial charge on any atom is 0.219 e. The maximum absolute atomic E-state index is 13.1. The number of nitrogens with zero attached hydrogens (tertiary/aromatic N) is 1. The van der Waals surface area contributed by atoms with Crippen LogP contribution in [0.4, 0.5) is 4.39 Å². The van der Waals surface area contributed by atoms with Crippen LogP contribution in [0.2, 0.25) is 0 Å². The summed E-state index contributed by atoms with van der Waals surface area (Å²) in [4.78, 5) is 4.04. The Balaban J connectivity index is 2.31. The second-order valence-electron chi connectivity index (χ2n) is 3.79. The summed E-state index contributed by atoms with van der Waals surface area (Å²) >= 11 is 0. The van der Waals surface area contributed by atoms with Gasteiger partial charge in [0, 0.05) is 12.1 Å². The van der Waals surface area contributed by atoms with Gasteiger partial charge in [0.2, 0.25) is 5.88 Å². The molecule has 18 heavy (non-hydrogen) atoms. The van der Waals surface area contributed by atoms with Gasteiger partial charge >= 0.3 is 0 Å². The Morgan fingerprint density at radius 2 is 2.11 bits per heavy atom. The number of pyridine rings is 1. The van der Waals surface area contributed by atoms with Crippen LogP contribution in [-0.2, 0) is 0 Å². The predicted molar refractivity (Wildman–Crippen MR) is 66.5 cm³/mol. The Hall–Kier alpha value is -2.43. The lowest BCUT2D eigenvalue weighted by Crippen LogP contribution is -2.13. The Labute approximate surface area is 104 Å². The third-order valence-electron chi connectivity index (χ3n) is 2.36. The van der Waals surface area contributed by atoms with Gasteiger partial charge in [0.15, 0.2) is 0 Å². The highest BCUT2D eigenvalue weighted by Crippen LogP contribution is 2.24. The van der Waals surface area contributed by atoms with Crippen molar-refractivity contribution in [3.63, 3.8) is 0 Å². The van der Waals surface area contributed by atoms with Crippen LogP contribution in [0, 0.1) is 18.2 Å². The first-order valence-corrected chi connectivity index (χ1v) is 5.32. The summed E-state index contributed by atoms with van der Waals surface area (Å²) in [5.41, 5.74) is 6.45. The number of nitrogen functional groups attached to an aromatic ring is 1. The van der Waals surface area contributed by atoms with E-state index in [0.717, 1.165) is 5.56 Å². The Morgan fingerprint density at radius 1 is 1.33 bits per heavy atom. The van der Waals surface area contributed by atoms with Gasteiger partial charge in [-0.25, -0.2) is 9.37 Å². The highest BCUT2D eigenvalue weighted by Gasteiger charge is 2.06. The molecule has 0 bridgehead atoms. The zero-order valence-electron chi connectivity index (χ0n) is 9.77. The van der Waals surface area contributed by atoms with Crippen LogP contribution in [0.3, 0.4) is 0 Å². The van der Waals surface area contributed by atoms with Crippen LogP contribution >= 0.6 is 0 Å². The molecule has 0 aliphatic carbocycles. The van der Waals surface area contributed by atoms with Crippen molar-refractivity contribution in [1.29, 1.82) is 5.41 Å². The molecule has 5 heteroatoms. The Kier molecular flexibility index (Phi) is 3.23. The Morgan fingerprint density at radius 3 is 2.83 bits per heavy atom. The zero-order chi connectivity index (χ0) is 13.1. The molecule has 1 aromatic carbocycles. The van der Waals surface area contributed by atoms with Crippen LogP contribution in [-0.4, -0.2) is 10.8 Å². The van der Waals surface area contributed by atoms with Gasteiger partial charge in [-0.15, -0.1) is 0 Å².